The van der Waals surface area contributed by atoms with Crippen molar-refractivity contribution in [2.24, 2.45) is 5.41 Å². The highest BCUT2D eigenvalue weighted by Crippen LogP contribution is 2.21. The Morgan fingerprint density at radius 1 is 1.35 bits per heavy atom. The van der Waals surface area contributed by atoms with Crippen LogP contribution in [0.25, 0.3) is 0 Å². The summed E-state index contributed by atoms with van der Waals surface area (Å²) < 4.78 is 12.8. The number of hydrogen-bond donors (Lipinski definition) is 2. The summed E-state index contributed by atoms with van der Waals surface area (Å²) in [6, 6.07) is 6.24. The number of aliphatic hydroxyl groups excluding tert-OH is 1. The van der Waals surface area contributed by atoms with Crippen LogP contribution in [0.15, 0.2) is 24.3 Å². The van der Waals surface area contributed by atoms with Crippen molar-refractivity contribution in [3.8, 4) is 0 Å². The fourth-order valence-corrected chi connectivity index (χ4v) is 1.99. The van der Waals surface area contributed by atoms with Crippen LogP contribution in [0.3, 0.4) is 0 Å². The zero-order valence-corrected chi connectivity index (χ0v) is 12.4. The molecule has 1 aromatic carbocycles. The van der Waals surface area contributed by atoms with E-state index >= 15 is 0 Å². The highest BCUT2D eigenvalue weighted by Gasteiger charge is 2.19. The monoisotopic (exact) mass is 281 g/mol. The van der Waals surface area contributed by atoms with Gasteiger partial charge in [-0.3, -0.25) is 4.79 Å². The Morgan fingerprint density at radius 3 is 2.50 bits per heavy atom. The lowest BCUT2D eigenvalue weighted by Gasteiger charge is -2.24. The van der Waals surface area contributed by atoms with Gasteiger partial charge in [-0.25, -0.2) is 4.39 Å². The van der Waals surface area contributed by atoms with E-state index < -0.39 is 0 Å². The lowest BCUT2D eigenvalue weighted by Crippen LogP contribution is -2.35. The van der Waals surface area contributed by atoms with Gasteiger partial charge in [-0.1, -0.05) is 32.9 Å². The molecule has 112 valence electrons. The van der Waals surface area contributed by atoms with Crippen LogP contribution in [0, 0.1) is 11.2 Å². The molecule has 0 fully saturated rings. The Morgan fingerprint density at radius 2 is 1.95 bits per heavy atom. The van der Waals surface area contributed by atoms with E-state index in [4.69, 9.17) is 5.11 Å². The number of carbonyl (C=O) groups is 1. The van der Waals surface area contributed by atoms with Gasteiger partial charge in [0.2, 0.25) is 5.91 Å². The van der Waals surface area contributed by atoms with Crippen LogP contribution in [-0.2, 0) is 4.79 Å². The topological polar surface area (TPSA) is 49.3 Å². The van der Waals surface area contributed by atoms with Gasteiger partial charge in [0.1, 0.15) is 5.82 Å². The summed E-state index contributed by atoms with van der Waals surface area (Å²) in [5.41, 5.74) is 0.847. The van der Waals surface area contributed by atoms with Gasteiger partial charge < -0.3 is 10.4 Å². The molecule has 2 N–H and O–H groups in total. The number of rotatable bonds is 7. The van der Waals surface area contributed by atoms with Crippen molar-refractivity contribution >= 4 is 5.91 Å². The second-order valence-electron chi connectivity index (χ2n) is 6.07. The summed E-state index contributed by atoms with van der Waals surface area (Å²) in [6.45, 7) is 6.63. The third-order valence-corrected chi connectivity index (χ3v) is 3.48. The van der Waals surface area contributed by atoms with Gasteiger partial charge in [0, 0.05) is 19.6 Å². The second-order valence-corrected chi connectivity index (χ2v) is 6.07. The Bertz CT molecular complexity index is 429. The van der Waals surface area contributed by atoms with Gasteiger partial charge in [-0.15, -0.1) is 0 Å². The first-order chi connectivity index (χ1) is 9.34. The van der Waals surface area contributed by atoms with Gasteiger partial charge in [-0.05, 0) is 35.4 Å². The Balaban J connectivity index is 2.44. The van der Waals surface area contributed by atoms with Crippen LogP contribution in [0.2, 0.25) is 0 Å². The molecule has 1 amide bonds. The summed E-state index contributed by atoms with van der Waals surface area (Å²) in [7, 11) is 0. The van der Waals surface area contributed by atoms with Crippen LogP contribution < -0.4 is 5.32 Å². The van der Waals surface area contributed by atoms with E-state index in [1.165, 1.54) is 12.1 Å². The summed E-state index contributed by atoms with van der Waals surface area (Å²) in [5.74, 6) is -0.236. The zero-order valence-electron chi connectivity index (χ0n) is 12.4. The molecular formula is C16H24FNO2. The average Bonchev–Trinajstić information content (AvgIpc) is 2.37. The Labute approximate surface area is 120 Å². The number of halogens is 1. The Hall–Kier alpha value is -1.42. The average molecular weight is 281 g/mol. The number of nitrogens with one attached hydrogen (secondary N) is 1. The summed E-state index contributed by atoms with van der Waals surface area (Å²) >= 11 is 0. The molecule has 0 spiro atoms. The first kappa shape index (κ1) is 16.6. The maximum Gasteiger partial charge on any atom is 0.220 e. The van der Waals surface area contributed by atoms with Crippen molar-refractivity contribution in [3.63, 3.8) is 0 Å². The highest BCUT2D eigenvalue weighted by atomic mass is 19.1. The lowest BCUT2D eigenvalue weighted by molar-refractivity contribution is -0.121. The molecule has 0 saturated heterocycles. The second kappa shape index (κ2) is 7.39. The molecule has 20 heavy (non-hydrogen) atoms. The quantitative estimate of drug-likeness (QED) is 0.807. The molecule has 0 saturated carbocycles. The fraction of sp³-hybridized carbons (Fsp3) is 0.562. The van der Waals surface area contributed by atoms with Crippen LogP contribution in [0.1, 0.15) is 45.1 Å². The van der Waals surface area contributed by atoms with Gasteiger partial charge in [0.25, 0.3) is 0 Å². The molecule has 3 nitrogen and oxygen atoms in total. The first-order valence-corrected chi connectivity index (χ1v) is 6.97. The van der Waals surface area contributed by atoms with E-state index in [0.717, 1.165) is 5.56 Å². The number of hydrogen-bond acceptors (Lipinski definition) is 2. The summed E-state index contributed by atoms with van der Waals surface area (Å²) in [6.07, 6.45) is 1.03. The van der Waals surface area contributed by atoms with Crippen molar-refractivity contribution in [2.45, 2.75) is 39.5 Å². The van der Waals surface area contributed by atoms with E-state index in [1.54, 1.807) is 12.1 Å². The number of carbonyl (C=O) groups excluding carboxylic acids is 1. The molecule has 0 heterocycles. The standard InChI is InChI=1S/C16H24FNO2/c1-12(13-4-6-14(17)7-5-13)10-15(20)18-11-16(2,3)8-9-19/h4-7,12,19H,8-11H2,1-3H3,(H,18,20). The van der Waals surface area contributed by atoms with Gasteiger partial charge >= 0.3 is 0 Å². The van der Waals surface area contributed by atoms with E-state index in [2.05, 4.69) is 5.32 Å². The number of amides is 1. The molecule has 1 atom stereocenters. The van der Waals surface area contributed by atoms with E-state index in [1.807, 2.05) is 20.8 Å². The summed E-state index contributed by atoms with van der Waals surface area (Å²) in [5, 5.41) is 11.8. The van der Waals surface area contributed by atoms with Crippen LogP contribution >= 0.6 is 0 Å². The minimum absolute atomic E-state index is 0.0205. The molecule has 1 rings (SSSR count). The SMILES string of the molecule is CC(CC(=O)NCC(C)(C)CCO)c1ccc(F)cc1. The molecule has 0 aliphatic carbocycles. The molecule has 4 heteroatoms. The van der Waals surface area contributed by atoms with Gasteiger partial charge in [0.15, 0.2) is 0 Å². The van der Waals surface area contributed by atoms with Gasteiger partial charge in [0.05, 0.1) is 0 Å². The Kier molecular flexibility index (Phi) is 6.14. The molecule has 0 bridgehead atoms. The lowest BCUT2D eigenvalue weighted by atomic mass is 9.89. The third-order valence-electron chi connectivity index (χ3n) is 3.48. The van der Waals surface area contributed by atoms with E-state index in [9.17, 15) is 9.18 Å². The van der Waals surface area contributed by atoms with E-state index in [-0.39, 0.29) is 29.7 Å². The van der Waals surface area contributed by atoms with Crippen LogP contribution in [0.4, 0.5) is 4.39 Å². The first-order valence-electron chi connectivity index (χ1n) is 6.97. The maximum absolute atomic E-state index is 12.8. The number of aliphatic hydroxyl groups is 1. The van der Waals surface area contributed by atoms with E-state index in [0.29, 0.717) is 19.4 Å². The molecule has 0 aliphatic heterocycles. The molecule has 0 aliphatic rings. The largest absolute Gasteiger partial charge is 0.396 e. The van der Waals surface area contributed by atoms with Crippen molar-refractivity contribution in [2.75, 3.05) is 13.2 Å². The predicted molar refractivity (Wildman–Crippen MR) is 77.9 cm³/mol. The summed E-state index contributed by atoms with van der Waals surface area (Å²) in [4.78, 5) is 11.9. The molecule has 0 aromatic heterocycles. The minimum Gasteiger partial charge on any atom is -0.396 e. The normalized spacial score (nSPS) is 13.1. The highest BCUT2D eigenvalue weighted by molar-refractivity contribution is 5.76. The molecule has 0 radical (unpaired) electrons. The third kappa shape index (κ3) is 5.70. The van der Waals surface area contributed by atoms with Crippen LogP contribution in [-0.4, -0.2) is 24.2 Å². The molecule has 1 unspecified atom stereocenters. The van der Waals surface area contributed by atoms with Crippen LogP contribution in [0.5, 0.6) is 0 Å². The van der Waals surface area contributed by atoms with Crippen molar-refractivity contribution in [1.82, 2.24) is 5.32 Å². The molecule has 1 aromatic rings. The van der Waals surface area contributed by atoms with Crippen molar-refractivity contribution in [3.05, 3.63) is 35.6 Å². The predicted octanol–water partition coefficient (Wildman–Crippen LogP) is 2.84. The zero-order chi connectivity index (χ0) is 15.2. The van der Waals surface area contributed by atoms with Crippen molar-refractivity contribution in [1.29, 1.82) is 0 Å². The number of benzene rings is 1. The smallest absolute Gasteiger partial charge is 0.220 e. The van der Waals surface area contributed by atoms with Crippen molar-refractivity contribution < 1.29 is 14.3 Å². The van der Waals surface area contributed by atoms with Gasteiger partial charge in [-0.2, -0.15) is 0 Å². The fourth-order valence-electron chi connectivity index (χ4n) is 1.99. The maximum atomic E-state index is 12.8. The minimum atomic E-state index is -0.267. The molecular weight excluding hydrogens is 257 g/mol.